The zero-order valence-electron chi connectivity index (χ0n) is 13.3. The Kier molecular flexibility index (Phi) is 5.09. The van der Waals surface area contributed by atoms with Gasteiger partial charge < -0.3 is 10.1 Å². The molecule has 0 fully saturated rings. The Labute approximate surface area is 152 Å². The molecule has 3 aromatic rings. The topological polar surface area (TPSA) is 51.2 Å². The molecule has 1 N–H and O–H groups in total. The molecule has 0 aliphatic carbocycles. The summed E-state index contributed by atoms with van der Waals surface area (Å²) in [5, 5.41) is 2.75. The molecule has 0 aliphatic heterocycles. The number of rotatable bonds is 4. The van der Waals surface area contributed by atoms with Crippen LogP contribution in [0, 0.1) is 12.9 Å². The third kappa shape index (κ3) is 4.42. The number of anilines is 1. The summed E-state index contributed by atoms with van der Waals surface area (Å²) in [7, 11) is 0. The molecule has 2 aromatic carbocycles. The fourth-order valence-electron chi connectivity index (χ4n) is 2.24. The van der Waals surface area contributed by atoms with Gasteiger partial charge in [-0.1, -0.05) is 22.0 Å². The molecule has 0 atom stereocenters. The van der Waals surface area contributed by atoms with Crippen molar-refractivity contribution in [1.29, 1.82) is 0 Å². The minimum atomic E-state index is -0.608. The van der Waals surface area contributed by atoms with Crippen LogP contribution in [0.1, 0.15) is 16.1 Å². The number of halogens is 2. The van der Waals surface area contributed by atoms with E-state index in [0.717, 1.165) is 10.5 Å². The Balaban J connectivity index is 1.69. The van der Waals surface area contributed by atoms with E-state index in [1.165, 1.54) is 6.07 Å². The fraction of sp³-hybridized carbons (Fsp3) is 0.0526. The van der Waals surface area contributed by atoms with Gasteiger partial charge >= 0.3 is 0 Å². The average Bonchev–Trinajstić information content (AvgIpc) is 2.56. The summed E-state index contributed by atoms with van der Waals surface area (Å²) in [5.74, 6) is 0.406. The Morgan fingerprint density at radius 1 is 1.08 bits per heavy atom. The number of ether oxygens (including phenoxy) is 1. The number of carbonyl (C=O) groups is 1. The van der Waals surface area contributed by atoms with E-state index in [-0.39, 0.29) is 5.91 Å². The first-order chi connectivity index (χ1) is 12.0. The second-order valence-electron chi connectivity index (χ2n) is 5.30. The zero-order valence-corrected chi connectivity index (χ0v) is 14.9. The standard InChI is InChI=1S/C19H14BrFN2O2/c1-12-17(9-10-18(21)22-12)19(24)23-14-5-7-15(8-6-14)25-16-4-2-3-13(20)11-16/h2-11H,1H3,(H,23,24). The van der Waals surface area contributed by atoms with Crippen LogP contribution in [-0.2, 0) is 0 Å². The second-order valence-corrected chi connectivity index (χ2v) is 6.22. The Bertz CT molecular complexity index is 914. The third-order valence-electron chi connectivity index (χ3n) is 3.44. The number of nitrogens with one attached hydrogen (secondary N) is 1. The smallest absolute Gasteiger partial charge is 0.257 e. The van der Waals surface area contributed by atoms with Crippen LogP contribution in [0.3, 0.4) is 0 Å². The summed E-state index contributed by atoms with van der Waals surface area (Å²) in [6.45, 7) is 1.59. The second kappa shape index (κ2) is 7.44. The average molecular weight is 401 g/mol. The highest BCUT2D eigenvalue weighted by atomic mass is 79.9. The fourth-order valence-corrected chi connectivity index (χ4v) is 2.62. The van der Waals surface area contributed by atoms with Gasteiger partial charge in [-0.2, -0.15) is 4.39 Å². The van der Waals surface area contributed by atoms with Gasteiger partial charge in [-0.3, -0.25) is 4.79 Å². The lowest BCUT2D eigenvalue weighted by atomic mass is 10.2. The monoisotopic (exact) mass is 400 g/mol. The molecule has 126 valence electrons. The van der Waals surface area contributed by atoms with Gasteiger partial charge in [0.25, 0.3) is 5.91 Å². The van der Waals surface area contributed by atoms with Crippen molar-refractivity contribution < 1.29 is 13.9 Å². The molecular formula is C19H14BrFN2O2. The van der Waals surface area contributed by atoms with E-state index in [0.29, 0.717) is 28.4 Å². The van der Waals surface area contributed by atoms with Crippen LogP contribution in [0.15, 0.2) is 65.1 Å². The number of hydrogen-bond donors (Lipinski definition) is 1. The van der Waals surface area contributed by atoms with Crippen molar-refractivity contribution in [3.63, 3.8) is 0 Å². The zero-order chi connectivity index (χ0) is 17.8. The molecule has 1 amide bonds. The number of carbonyl (C=O) groups excluding carboxylic acids is 1. The van der Waals surface area contributed by atoms with Gasteiger partial charge in [0.2, 0.25) is 5.95 Å². The number of pyridine rings is 1. The van der Waals surface area contributed by atoms with Gasteiger partial charge in [-0.25, -0.2) is 4.98 Å². The number of aryl methyl sites for hydroxylation is 1. The molecule has 0 bridgehead atoms. The summed E-state index contributed by atoms with van der Waals surface area (Å²) in [6.07, 6.45) is 0. The number of amides is 1. The molecule has 0 radical (unpaired) electrons. The van der Waals surface area contributed by atoms with E-state index in [9.17, 15) is 9.18 Å². The summed E-state index contributed by atoms with van der Waals surface area (Å²) in [5.41, 5.74) is 1.28. The highest BCUT2D eigenvalue weighted by Gasteiger charge is 2.11. The maximum atomic E-state index is 13.0. The number of aromatic nitrogens is 1. The quantitative estimate of drug-likeness (QED) is 0.601. The minimum absolute atomic E-state index is 0.330. The molecule has 3 rings (SSSR count). The molecule has 0 unspecified atom stereocenters. The summed E-state index contributed by atoms with van der Waals surface area (Å²) in [4.78, 5) is 15.9. The largest absolute Gasteiger partial charge is 0.457 e. The lowest BCUT2D eigenvalue weighted by Gasteiger charge is -2.09. The van der Waals surface area contributed by atoms with Crippen LogP contribution in [0.25, 0.3) is 0 Å². The van der Waals surface area contributed by atoms with Crippen LogP contribution in [0.4, 0.5) is 10.1 Å². The van der Waals surface area contributed by atoms with Gasteiger partial charge in [-0.05, 0) is 61.5 Å². The SMILES string of the molecule is Cc1nc(F)ccc1C(=O)Nc1ccc(Oc2cccc(Br)c2)cc1. The van der Waals surface area contributed by atoms with Gasteiger partial charge in [0.1, 0.15) is 11.5 Å². The van der Waals surface area contributed by atoms with Crippen LogP contribution in [-0.4, -0.2) is 10.9 Å². The highest BCUT2D eigenvalue weighted by Crippen LogP contribution is 2.25. The molecule has 0 saturated heterocycles. The Hall–Kier alpha value is -2.73. The lowest BCUT2D eigenvalue weighted by molar-refractivity contribution is 0.102. The van der Waals surface area contributed by atoms with E-state index in [1.807, 2.05) is 24.3 Å². The van der Waals surface area contributed by atoms with E-state index in [4.69, 9.17) is 4.74 Å². The maximum Gasteiger partial charge on any atom is 0.257 e. The molecule has 0 saturated carbocycles. The summed E-state index contributed by atoms with van der Waals surface area (Å²) < 4.78 is 19.7. The molecule has 4 nitrogen and oxygen atoms in total. The van der Waals surface area contributed by atoms with Crippen LogP contribution >= 0.6 is 15.9 Å². The molecule has 1 aromatic heterocycles. The molecule has 0 aliphatic rings. The van der Waals surface area contributed by atoms with Crippen molar-refractivity contribution in [1.82, 2.24) is 4.98 Å². The Morgan fingerprint density at radius 3 is 2.52 bits per heavy atom. The van der Waals surface area contributed by atoms with E-state index in [2.05, 4.69) is 26.2 Å². The number of hydrogen-bond acceptors (Lipinski definition) is 3. The van der Waals surface area contributed by atoms with Gasteiger partial charge in [0.15, 0.2) is 0 Å². The van der Waals surface area contributed by atoms with Crippen molar-refractivity contribution >= 4 is 27.5 Å². The van der Waals surface area contributed by atoms with E-state index >= 15 is 0 Å². The van der Waals surface area contributed by atoms with E-state index in [1.54, 1.807) is 31.2 Å². The summed E-state index contributed by atoms with van der Waals surface area (Å²) >= 11 is 3.39. The number of nitrogens with zero attached hydrogens (tertiary/aromatic N) is 1. The predicted octanol–water partition coefficient (Wildman–Crippen LogP) is 5.34. The summed E-state index contributed by atoms with van der Waals surface area (Å²) in [6, 6.07) is 17.1. The molecular weight excluding hydrogens is 387 g/mol. The van der Waals surface area contributed by atoms with Crippen molar-refractivity contribution in [3.05, 3.63) is 82.3 Å². The van der Waals surface area contributed by atoms with Crippen LogP contribution in [0.5, 0.6) is 11.5 Å². The van der Waals surface area contributed by atoms with Gasteiger partial charge in [0, 0.05) is 10.2 Å². The molecule has 6 heteroatoms. The molecule has 25 heavy (non-hydrogen) atoms. The van der Waals surface area contributed by atoms with Gasteiger partial charge in [-0.15, -0.1) is 0 Å². The van der Waals surface area contributed by atoms with E-state index < -0.39 is 5.95 Å². The Morgan fingerprint density at radius 2 is 1.84 bits per heavy atom. The maximum absolute atomic E-state index is 13.0. The van der Waals surface area contributed by atoms with Crippen molar-refractivity contribution in [2.24, 2.45) is 0 Å². The lowest BCUT2D eigenvalue weighted by Crippen LogP contribution is -2.14. The van der Waals surface area contributed by atoms with Crippen LogP contribution < -0.4 is 10.1 Å². The first-order valence-electron chi connectivity index (χ1n) is 7.49. The first-order valence-corrected chi connectivity index (χ1v) is 8.28. The van der Waals surface area contributed by atoms with Crippen LogP contribution in [0.2, 0.25) is 0 Å². The predicted molar refractivity (Wildman–Crippen MR) is 97.5 cm³/mol. The van der Waals surface area contributed by atoms with Gasteiger partial charge in [0.05, 0.1) is 11.3 Å². The highest BCUT2D eigenvalue weighted by molar-refractivity contribution is 9.10. The molecule has 0 spiro atoms. The first kappa shape index (κ1) is 17.1. The molecule has 1 heterocycles. The number of benzene rings is 2. The normalized spacial score (nSPS) is 10.4. The van der Waals surface area contributed by atoms with Crippen molar-refractivity contribution in [2.75, 3.05) is 5.32 Å². The van der Waals surface area contributed by atoms with Crippen molar-refractivity contribution in [2.45, 2.75) is 6.92 Å². The van der Waals surface area contributed by atoms with Crippen molar-refractivity contribution in [3.8, 4) is 11.5 Å². The third-order valence-corrected chi connectivity index (χ3v) is 3.93. The minimum Gasteiger partial charge on any atom is -0.457 e.